The minimum atomic E-state index is -0.647. The molecule has 3 atom stereocenters. The average Bonchev–Trinajstić information content (AvgIpc) is 2.85. The maximum absolute atomic E-state index is 12.6. The lowest BCUT2D eigenvalue weighted by Crippen LogP contribution is -2.60. The molecular weight excluding hydrogens is 332 g/mol. The Morgan fingerprint density at radius 1 is 1.23 bits per heavy atom. The summed E-state index contributed by atoms with van der Waals surface area (Å²) in [7, 11) is 0. The highest BCUT2D eigenvalue weighted by molar-refractivity contribution is 5.68. The van der Waals surface area contributed by atoms with Gasteiger partial charge in [0.05, 0.1) is 12.6 Å². The van der Waals surface area contributed by atoms with E-state index in [2.05, 4.69) is 17.4 Å². The number of benzene rings is 1. The fourth-order valence-corrected chi connectivity index (χ4v) is 3.48. The van der Waals surface area contributed by atoms with Crippen LogP contribution in [0.1, 0.15) is 40.2 Å². The number of nitrogens with one attached hydrogen (secondary N) is 1. The quantitative estimate of drug-likeness (QED) is 0.896. The first-order valence-electron chi connectivity index (χ1n) is 9.24. The van der Waals surface area contributed by atoms with E-state index in [1.54, 1.807) is 4.90 Å². The van der Waals surface area contributed by atoms with Crippen LogP contribution in [0, 0.1) is 0 Å². The summed E-state index contributed by atoms with van der Waals surface area (Å²) in [5.74, 6) is -0.647. The van der Waals surface area contributed by atoms with E-state index in [-0.39, 0.29) is 24.3 Å². The van der Waals surface area contributed by atoms with E-state index < -0.39 is 11.4 Å². The highest BCUT2D eigenvalue weighted by Gasteiger charge is 2.50. The van der Waals surface area contributed by atoms with Crippen LogP contribution in [0.4, 0.5) is 4.79 Å². The third-order valence-electron chi connectivity index (χ3n) is 4.50. The molecule has 0 bridgehead atoms. The predicted molar refractivity (Wildman–Crippen MR) is 98.7 cm³/mol. The molecule has 0 aliphatic carbocycles. The maximum Gasteiger partial charge on any atom is 0.410 e. The molecule has 1 aromatic rings. The molecule has 1 N–H and O–H groups in total. The van der Waals surface area contributed by atoms with Gasteiger partial charge in [-0.3, -0.25) is 0 Å². The van der Waals surface area contributed by atoms with Crippen molar-refractivity contribution in [3.8, 4) is 0 Å². The van der Waals surface area contributed by atoms with Gasteiger partial charge in [-0.15, -0.1) is 0 Å². The zero-order valence-electron chi connectivity index (χ0n) is 16.3. The second-order valence-electron chi connectivity index (χ2n) is 8.50. The molecule has 1 aromatic carbocycles. The van der Waals surface area contributed by atoms with Crippen molar-refractivity contribution in [1.29, 1.82) is 0 Å². The Morgan fingerprint density at radius 3 is 2.58 bits per heavy atom. The largest absolute Gasteiger partial charge is 0.444 e. The second-order valence-corrected chi connectivity index (χ2v) is 8.50. The molecule has 2 aliphatic heterocycles. The molecule has 6 nitrogen and oxygen atoms in total. The summed E-state index contributed by atoms with van der Waals surface area (Å²) in [6, 6.07) is 10.2. The average molecular weight is 362 g/mol. The van der Waals surface area contributed by atoms with Crippen molar-refractivity contribution in [2.24, 2.45) is 0 Å². The number of rotatable bonds is 3. The summed E-state index contributed by atoms with van der Waals surface area (Å²) in [4.78, 5) is 14.3. The monoisotopic (exact) mass is 362 g/mol. The Labute approximate surface area is 155 Å². The highest BCUT2D eigenvalue weighted by Crippen LogP contribution is 2.33. The number of ether oxygens (including phenoxy) is 3. The summed E-state index contributed by atoms with van der Waals surface area (Å²) in [5.41, 5.74) is 0.671. The zero-order chi connectivity index (χ0) is 18.9. The fourth-order valence-electron chi connectivity index (χ4n) is 3.48. The number of carbonyl (C=O) groups is 1. The molecule has 144 valence electrons. The molecule has 3 rings (SSSR count). The van der Waals surface area contributed by atoms with Crippen molar-refractivity contribution in [2.75, 3.05) is 13.1 Å². The van der Waals surface area contributed by atoms with Gasteiger partial charge in [0.25, 0.3) is 0 Å². The Balaban J connectivity index is 1.71. The van der Waals surface area contributed by atoms with Gasteiger partial charge in [0.1, 0.15) is 17.8 Å². The van der Waals surface area contributed by atoms with Crippen LogP contribution < -0.4 is 5.32 Å². The fraction of sp³-hybridized carbons (Fsp3) is 0.650. The van der Waals surface area contributed by atoms with Gasteiger partial charge >= 0.3 is 6.09 Å². The SMILES string of the molecule is CC(C)(C)OC(=O)N1C[C@@H]2OC(C)(C)O[C@@H]2[C@H](NCc2ccccc2)C1. The number of hydrogen-bond acceptors (Lipinski definition) is 5. The number of likely N-dealkylation sites (tertiary alicyclic amines) is 1. The van der Waals surface area contributed by atoms with Crippen LogP contribution >= 0.6 is 0 Å². The first kappa shape index (κ1) is 19.1. The van der Waals surface area contributed by atoms with Crippen LogP contribution in [0.3, 0.4) is 0 Å². The predicted octanol–water partition coefficient (Wildman–Crippen LogP) is 2.92. The molecular formula is C20H30N2O4. The maximum atomic E-state index is 12.6. The van der Waals surface area contributed by atoms with Gasteiger partial charge in [-0.05, 0) is 40.2 Å². The Kier molecular flexibility index (Phi) is 5.28. The summed E-state index contributed by atoms with van der Waals surface area (Å²) < 4.78 is 17.7. The number of hydrogen-bond donors (Lipinski definition) is 1. The third-order valence-corrected chi connectivity index (χ3v) is 4.50. The molecule has 0 spiro atoms. The highest BCUT2D eigenvalue weighted by atomic mass is 16.8. The molecule has 2 fully saturated rings. The normalized spacial score (nSPS) is 27.9. The van der Waals surface area contributed by atoms with E-state index in [9.17, 15) is 4.79 Å². The minimum Gasteiger partial charge on any atom is -0.444 e. The lowest BCUT2D eigenvalue weighted by atomic mass is 9.99. The molecule has 0 saturated carbocycles. The van der Waals surface area contributed by atoms with Gasteiger partial charge < -0.3 is 24.4 Å². The smallest absolute Gasteiger partial charge is 0.410 e. The molecule has 2 heterocycles. The molecule has 0 unspecified atom stereocenters. The molecule has 2 saturated heterocycles. The van der Waals surface area contributed by atoms with E-state index in [1.807, 2.05) is 52.8 Å². The van der Waals surface area contributed by atoms with Crippen LogP contribution in [-0.4, -0.2) is 53.7 Å². The Morgan fingerprint density at radius 2 is 1.92 bits per heavy atom. The Bertz CT molecular complexity index is 626. The van der Waals surface area contributed by atoms with Crippen molar-refractivity contribution in [3.63, 3.8) is 0 Å². The molecule has 6 heteroatoms. The standard InChI is InChI=1S/C20H30N2O4/c1-19(2,3)26-18(23)22-12-15(21-11-14-9-7-6-8-10-14)17-16(13-22)24-20(4,5)25-17/h6-10,15-17,21H,11-13H2,1-5H3/t15-,16+,17-/m1/s1. The Hall–Kier alpha value is -1.63. The number of nitrogens with zero attached hydrogens (tertiary/aromatic N) is 1. The third kappa shape index (κ3) is 4.75. The first-order chi connectivity index (χ1) is 12.1. The topological polar surface area (TPSA) is 60.0 Å². The second kappa shape index (κ2) is 7.18. The molecule has 0 radical (unpaired) electrons. The van der Waals surface area contributed by atoms with Crippen LogP contribution in [0.2, 0.25) is 0 Å². The van der Waals surface area contributed by atoms with Gasteiger partial charge in [-0.2, -0.15) is 0 Å². The summed E-state index contributed by atoms with van der Waals surface area (Å²) >= 11 is 0. The van der Waals surface area contributed by atoms with Crippen molar-refractivity contribution in [2.45, 2.75) is 70.8 Å². The summed E-state index contributed by atoms with van der Waals surface area (Å²) in [6.45, 7) is 11.2. The summed E-state index contributed by atoms with van der Waals surface area (Å²) in [5, 5.41) is 3.54. The van der Waals surface area contributed by atoms with Gasteiger partial charge in [0, 0.05) is 13.1 Å². The molecule has 2 aliphatic rings. The zero-order valence-corrected chi connectivity index (χ0v) is 16.3. The number of carbonyl (C=O) groups excluding carboxylic acids is 1. The van der Waals surface area contributed by atoms with Gasteiger partial charge in [-0.25, -0.2) is 4.79 Å². The van der Waals surface area contributed by atoms with Gasteiger partial charge in [0.15, 0.2) is 5.79 Å². The number of amides is 1. The van der Waals surface area contributed by atoms with E-state index in [1.165, 1.54) is 5.56 Å². The van der Waals surface area contributed by atoms with Crippen LogP contribution in [0.25, 0.3) is 0 Å². The summed E-state index contributed by atoms with van der Waals surface area (Å²) in [6.07, 6.45) is -0.567. The van der Waals surface area contributed by atoms with E-state index in [4.69, 9.17) is 14.2 Å². The minimum absolute atomic E-state index is 0.0248. The lowest BCUT2D eigenvalue weighted by molar-refractivity contribution is -0.146. The number of fused-ring (bicyclic) bond motifs is 1. The number of piperidine rings is 1. The van der Waals surface area contributed by atoms with Crippen molar-refractivity contribution >= 4 is 6.09 Å². The van der Waals surface area contributed by atoms with Crippen molar-refractivity contribution < 1.29 is 19.0 Å². The lowest BCUT2D eigenvalue weighted by Gasteiger charge is -2.39. The van der Waals surface area contributed by atoms with Gasteiger partial charge in [-0.1, -0.05) is 30.3 Å². The van der Waals surface area contributed by atoms with Crippen LogP contribution in [0.5, 0.6) is 0 Å². The first-order valence-corrected chi connectivity index (χ1v) is 9.24. The molecule has 1 amide bonds. The molecule has 26 heavy (non-hydrogen) atoms. The van der Waals surface area contributed by atoms with Gasteiger partial charge in [0.2, 0.25) is 0 Å². The van der Waals surface area contributed by atoms with E-state index >= 15 is 0 Å². The van der Waals surface area contributed by atoms with Crippen molar-refractivity contribution in [3.05, 3.63) is 35.9 Å². The van der Waals surface area contributed by atoms with E-state index in [0.717, 1.165) is 0 Å². The molecule has 0 aromatic heterocycles. The van der Waals surface area contributed by atoms with Crippen LogP contribution in [0.15, 0.2) is 30.3 Å². The van der Waals surface area contributed by atoms with Crippen molar-refractivity contribution in [1.82, 2.24) is 10.2 Å². The van der Waals surface area contributed by atoms with E-state index in [0.29, 0.717) is 19.6 Å². The van der Waals surface area contributed by atoms with Crippen LogP contribution in [-0.2, 0) is 20.8 Å².